The van der Waals surface area contributed by atoms with Crippen LogP contribution in [0.2, 0.25) is 0 Å². The summed E-state index contributed by atoms with van der Waals surface area (Å²) in [5.41, 5.74) is -4.33. The van der Waals surface area contributed by atoms with Crippen LogP contribution < -0.4 is 5.32 Å². The van der Waals surface area contributed by atoms with E-state index in [2.05, 4.69) is 5.32 Å². The normalized spacial score (nSPS) is 26.2. The average molecular weight is 317 g/mol. The van der Waals surface area contributed by atoms with Gasteiger partial charge in [0, 0.05) is 16.5 Å². The van der Waals surface area contributed by atoms with E-state index < -0.39 is 16.3 Å². The molecule has 2 aliphatic carbocycles. The third-order valence-electron chi connectivity index (χ3n) is 3.95. The summed E-state index contributed by atoms with van der Waals surface area (Å²) in [7, 11) is -3.03. The maximum atomic E-state index is 12.3. The van der Waals surface area contributed by atoms with Crippen LogP contribution in [0.3, 0.4) is 0 Å². The number of carbonyl (C=O) groups is 1. The highest BCUT2D eigenvalue weighted by Crippen LogP contribution is 2.54. The second-order valence-electron chi connectivity index (χ2n) is 5.57. The first-order valence-corrected chi connectivity index (χ1v) is 7.91. The van der Waals surface area contributed by atoms with Crippen molar-refractivity contribution in [2.45, 2.75) is 29.7 Å². The predicted molar refractivity (Wildman–Crippen MR) is 71.9 cm³/mol. The largest absolute Gasteiger partial charge is 0.475 e. The Morgan fingerprint density at radius 1 is 1.19 bits per heavy atom. The van der Waals surface area contributed by atoms with E-state index >= 15 is 0 Å². The van der Waals surface area contributed by atoms with E-state index in [4.69, 9.17) is 0 Å². The van der Waals surface area contributed by atoms with Crippen molar-refractivity contribution in [2.75, 3.05) is 5.32 Å². The Bertz CT molecular complexity index is 581. The maximum absolute atomic E-state index is 12.3. The first kappa shape index (κ1) is 14.6. The van der Waals surface area contributed by atoms with E-state index in [1.165, 1.54) is 25.0 Å². The van der Waals surface area contributed by atoms with Crippen LogP contribution in [0.1, 0.15) is 19.3 Å². The van der Waals surface area contributed by atoms with Crippen molar-refractivity contribution in [3.8, 4) is 0 Å². The minimum absolute atomic E-state index is 0.0430. The van der Waals surface area contributed by atoms with Gasteiger partial charge in [0.15, 0.2) is 10.8 Å². The molecule has 0 saturated heterocycles. The Morgan fingerprint density at radius 2 is 1.81 bits per heavy atom. The lowest BCUT2D eigenvalue weighted by Crippen LogP contribution is -2.17. The molecule has 21 heavy (non-hydrogen) atoms. The van der Waals surface area contributed by atoms with Gasteiger partial charge in [0.2, 0.25) is 5.91 Å². The minimum atomic E-state index is -4.77. The standard InChI is InChI=1S/C14H14F3NO2S/c15-14(16,17)21(20)10-5-3-9(4-6-10)18-13(19)12-7-11(12)8-1-2-8/h3-6,8,11-12H,1-2,7H2,(H,18,19)/t11-,12-,21-/m0/s1. The summed E-state index contributed by atoms with van der Waals surface area (Å²) in [6.45, 7) is 0. The summed E-state index contributed by atoms with van der Waals surface area (Å²) in [6.07, 6.45) is 3.31. The lowest BCUT2D eigenvalue weighted by atomic mass is 10.2. The Kier molecular flexibility index (Phi) is 3.55. The number of halogens is 3. The van der Waals surface area contributed by atoms with Crippen molar-refractivity contribution in [1.29, 1.82) is 0 Å². The Balaban J connectivity index is 1.59. The molecular weight excluding hydrogens is 303 g/mol. The predicted octanol–water partition coefficient (Wildman–Crippen LogP) is 3.30. The first-order valence-electron chi connectivity index (χ1n) is 6.76. The lowest BCUT2D eigenvalue weighted by molar-refractivity contribution is -0.117. The number of rotatable bonds is 4. The summed E-state index contributed by atoms with van der Waals surface area (Å²) in [5, 5.41) is 2.70. The molecule has 0 bridgehead atoms. The molecule has 1 aromatic carbocycles. The summed E-state index contributed by atoms with van der Waals surface area (Å²) in [4.78, 5) is 11.6. The number of carbonyl (C=O) groups excluding carboxylic acids is 1. The highest BCUT2D eigenvalue weighted by molar-refractivity contribution is 7.86. The van der Waals surface area contributed by atoms with E-state index in [9.17, 15) is 22.2 Å². The fourth-order valence-corrected chi connectivity index (χ4v) is 3.24. The summed E-state index contributed by atoms with van der Waals surface area (Å²) >= 11 is 0. The molecular formula is C14H14F3NO2S. The molecule has 3 rings (SSSR count). The number of benzene rings is 1. The summed E-state index contributed by atoms with van der Waals surface area (Å²) < 4.78 is 48.1. The molecule has 1 N–H and O–H groups in total. The molecule has 114 valence electrons. The topological polar surface area (TPSA) is 46.2 Å². The van der Waals surface area contributed by atoms with Crippen molar-refractivity contribution in [1.82, 2.24) is 0 Å². The quantitative estimate of drug-likeness (QED) is 0.926. The Morgan fingerprint density at radius 3 is 2.33 bits per heavy atom. The Labute approximate surface area is 122 Å². The van der Waals surface area contributed by atoms with Gasteiger partial charge in [0.1, 0.15) is 0 Å². The smallest absolute Gasteiger partial charge is 0.326 e. The molecule has 3 atom stereocenters. The molecule has 2 saturated carbocycles. The molecule has 1 aromatic rings. The first-order chi connectivity index (χ1) is 9.86. The number of alkyl halides is 3. The van der Waals surface area contributed by atoms with E-state index in [1.54, 1.807) is 0 Å². The fraction of sp³-hybridized carbons (Fsp3) is 0.500. The zero-order chi connectivity index (χ0) is 15.2. The van der Waals surface area contributed by atoms with E-state index in [0.717, 1.165) is 18.6 Å². The van der Waals surface area contributed by atoms with Gasteiger partial charge in [0.05, 0.1) is 0 Å². The van der Waals surface area contributed by atoms with E-state index in [-0.39, 0.29) is 16.7 Å². The number of amides is 1. The average Bonchev–Trinajstić information content (AvgIpc) is 3.27. The van der Waals surface area contributed by atoms with Gasteiger partial charge >= 0.3 is 5.51 Å². The molecule has 0 aromatic heterocycles. The lowest BCUT2D eigenvalue weighted by Gasteiger charge is -2.08. The number of anilines is 1. The highest BCUT2D eigenvalue weighted by Gasteiger charge is 2.51. The SMILES string of the molecule is O=C(Nc1ccc([S@](=O)C(F)(F)F)cc1)[C@H]1C[C@H]1C1CC1. The highest BCUT2D eigenvalue weighted by atomic mass is 32.2. The van der Waals surface area contributed by atoms with Gasteiger partial charge in [0.25, 0.3) is 0 Å². The van der Waals surface area contributed by atoms with Crippen molar-refractivity contribution < 1.29 is 22.2 Å². The van der Waals surface area contributed by atoms with Crippen LogP contribution in [0.4, 0.5) is 18.9 Å². The second kappa shape index (κ2) is 5.12. The van der Waals surface area contributed by atoms with Crippen molar-refractivity contribution in [3.63, 3.8) is 0 Å². The van der Waals surface area contributed by atoms with E-state index in [1.807, 2.05) is 0 Å². The maximum Gasteiger partial charge on any atom is 0.475 e. The monoisotopic (exact) mass is 317 g/mol. The third kappa shape index (κ3) is 3.28. The van der Waals surface area contributed by atoms with Crippen LogP contribution in [0.5, 0.6) is 0 Å². The number of hydrogen-bond acceptors (Lipinski definition) is 2. The van der Waals surface area contributed by atoms with Crippen LogP contribution in [0.15, 0.2) is 29.2 Å². The molecule has 0 spiro atoms. The minimum Gasteiger partial charge on any atom is -0.326 e. The van der Waals surface area contributed by atoms with Gasteiger partial charge in [-0.25, -0.2) is 4.21 Å². The van der Waals surface area contributed by atoms with Crippen molar-refractivity contribution in [3.05, 3.63) is 24.3 Å². The summed E-state index contributed by atoms with van der Waals surface area (Å²) in [6, 6.07) is 4.96. The molecule has 3 nitrogen and oxygen atoms in total. The third-order valence-corrected chi connectivity index (χ3v) is 5.07. The molecule has 7 heteroatoms. The van der Waals surface area contributed by atoms with Gasteiger partial charge < -0.3 is 5.32 Å². The van der Waals surface area contributed by atoms with Crippen molar-refractivity contribution >= 4 is 22.4 Å². The van der Waals surface area contributed by atoms with Crippen LogP contribution in [0.25, 0.3) is 0 Å². The van der Waals surface area contributed by atoms with E-state index in [0.29, 0.717) is 17.5 Å². The zero-order valence-electron chi connectivity index (χ0n) is 11.0. The Hall–Kier alpha value is -1.37. The van der Waals surface area contributed by atoms with Gasteiger partial charge in [-0.2, -0.15) is 13.2 Å². The van der Waals surface area contributed by atoms with Crippen molar-refractivity contribution in [2.24, 2.45) is 17.8 Å². The molecule has 0 aliphatic heterocycles. The van der Waals surface area contributed by atoms with Crippen LogP contribution in [0, 0.1) is 17.8 Å². The second-order valence-corrected chi connectivity index (χ2v) is 7.04. The molecule has 0 radical (unpaired) electrons. The van der Waals surface area contributed by atoms with Gasteiger partial charge in [-0.05, 0) is 55.4 Å². The van der Waals surface area contributed by atoms with Crippen LogP contribution in [-0.4, -0.2) is 15.6 Å². The number of hydrogen-bond donors (Lipinski definition) is 1. The molecule has 0 heterocycles. The van der Waals surface area contributed by atoms with Crippen LogP contribution in [-0.2, 0) is 15.6 Å². The van der Waals surface area contributed by atoms with Gasteiger partial charge in [-0.15, -0.1) is 0 Å². The zero-order valence-corrected chi connectivity index (χ0v) is 11.8. The molecule has 2 fully saturated rings. The fourth-order valence-electron chi connectivity index (χ4n) is 2.59. The van der Waals surface area contributed by atoms with Gasteiger partial charge in [-0.1, -0.05) is 0 Å². The van der Waals surface area contributed by atoms with Crippen LogP contribution >= 0.6 is 0 Å². The number of nitrogens with one attached hydrogen (secondary N) is 1. The summed E-state index contributed by atoms with van der Waals surface area (Å²) in [5.74, 6) is 1.15. The molecule has 1 amide bonds. The van der Waals surface area contributed by atoms with Gasteiger partial charge in [-0.3, -0.25) is 4.79 Å². The molecule has 2 aliphatic rings. The molecule has 0 unspecified atom stereocenters.